The maximum atomic E-state index is 11.2. The monoisotopic (exact) mass is 224 g/mol. The van der Waals surface area contributed by atoms with Crippen LogP contribution in [0.4, 0.5) is 4.79 Å². The van der Waals surface area contributed by atoms with Gasteiger partial charge in [0.05, 0.1) is 0 Å². The Labute approximate surface area is 92.2 Å². The molecule has 0 unspecified atom stereocenters. The highest BCUT2D eigenvalue weighted by Gasteiger charge is 2.13. The number of carbonyl (C=O) groups is 2. The fourth-order valence-electron chi connectivity index (χ4n) is 1.01. The molecule has 6 nitrogen and oxygen atoms in total. The molecule has 1 aromatic carbocycles. The van der Waals surface area contributed by atoms with Crippen molar-refractivity contribution in [2.24, 2.45) is 5.84 Å². The van der Waals surface area contributed by atoms with E-state index in [-0.39, 0.29) is 6.61 Å². The van der Waals surface area contributed by atoms with Gasteiger partial charge in [-0.2, -0.15) is 0 Å². The highest BCUT2D eigenvalue weighted by Crippen LogP contribution is 2.01. The lowest BCUT2D eigenvalue weighted by Crippen LogP contribution is -2.41. The molecule has 0 bridgehead atoms. The number of nitrogens with zero attached hydrogens (tertiary/aromatic N) is 1. The van der Waals surface area contributed by atoms with Gasteiger partial charge in [-0.15, -0.1) is 0 Å². The topological polar surface area (TPSA) is 92.9 Å². The van der Waals surface area contributed by atoms with E-state index in [4.69, 9.17) is 15.7 Å². The minimum Gasteiger partial charge on any atom is -0.480 e. The Morgan fingerprint density at radius 1 is 1.31 bits per heavy atom. The average molecular weight is 224 g/mol. The summed E-state index contributed by atoms with van der Waals surface area (Å²) in [5, 5.41) is 8.89. The van der Waals surface area contributed by atoms with Crippen LogP contribution < -0.4 is 5.84 Å². The van der Waals surface area contributed by atoms with E-state index in [0.717, 1.165) is 5.56 Å². The first-order chi connectivity index (χ1) is 7.59. The Hall–Kier alpha value is -2.08. The quantitative estimate of drug-likeness (QED) is 0.443. The number of carboxylic acid groups (broad SMARTS) is 1. The number of hydrazine groups is 1. The Morgan fingerprint density at radius 2 is 1.94 bits per heavy atom. The minimum absolute atomic E-state index is 0.0625. The van der Waals surface area contributed by atoms with Crippen molar-refractivity contribution in [1.29, 1.82) is 0 Å². The SMILES string of the molecule is NN(CC(=O)O)C(=O)OCc1ccccc1. The zero-order valence-electron chi connectivity index (χ0n) is 8.50. The predicted octanol–water partition coefficient (Wildman–Crippen LogP) is 0.583. The van der Waals surface area contributed by atoms with Gasteiger partial charge in [-0.25, -0.2) is 15.6 Å². The highest BCUT2D eigenvalue weighted by atomic mass is 16.6. The molecular weight excluding hydrogens is 212 g/mol. The normalized spacial score (nSPS) is 9.56. The van der Waals surface area contributed by atoms with Gasteiger partial charge in [0.15, 0.2) is 0 Å². The van der Waals surface area contributed by atoms with E-state index in [2.05, 4.69) is 0 Å². The number of amides is 1. The molecule has 3 N–H and O–H groups in total. The molecule has 1 amide bonds. The van der Waals surface area contributed by atoms with Gasteiger partial charge in [-0.3, -0.25) is 4.79 Å². The fourth-order valence-corrected chi connectivity index (χ4v) is 1.01. The average Bonchev–Trinajstić information content (AvgIpc) is 2.26. The van der Waals surface area contributed by atoms with E-state index in [1.165, 1.54) is 0 Å². The van der Waals surface area contributed by atoms with Crippen LogP contribution >= 0.6 is 0 Å². The van der Waals surface area contributed by atoms with Gasteiger partial charge in [-0.05, 0) is 5.56 Å². The third kappa shape index (κ3) is 3.97. The van der Waals surface area contributed by atoms with Crippen LogP contribution in [0.15, 0.2) is 30.3 Å². The van der Waals surface area contributed by atoms with Crippen molar-refractivity contribution in [1.82, 2.24) is 5.01 Å². The lowest BCUT2D eigenvalue weighted by atomic mass is 10.2. The number of aliphatic carboxylic acids is 1. The van der Waals surface area contributed by atoms with E-state index >= 15 is 0 Å². The molecule has 0 aromatic heterocycles. The van der Waals surface area contributed by atoms with Gasteiger partial charge >= 0.3 is 12.1 Å². The van der Waals surface area contributed by atoms with Crippen LogP contribution in [0.2, 0.25) is 0 Å². The summed E-state index contributed by atoms with van der Waals surface area (Å²) < 4.78 is 4.79. The molecule has 0 aliphatic carbocycles. The van der Waals surface area contributed by atoms with E-state index in [1.807, 2.05) is 6.07 Å². The van der Waals surface area contributed by atoms with Crippen LogP contribution in [0.5, 0.6) is 0 Å². The Morgan fingerprint density at radius 3 is 2.50 bits per heavy atom. The summed E-state index contributed by atoms with van der Waals surface area (Å²) in [6.07, 6.45) is -0.869. The number of ether oxygens (including phenoxy) is 1. The Balaban J connectivity index is 2.38. The standard InChI is InChI=1S/C10H12N2O4/c11-12(6-9(13)14)10(15)16-7-8-4-2-1-3-5-8/h1-5H,6-7,11H2,(H,13,14). The van der Waals surface area contributed by atoms with Crippen molar-refractivity contribution in [2.75, 3.05) is 6.54 Å². The van der Waals surface area contributed by atoms with Gasteiger partial charge < -0.3 is 9.84 Å². The summed E-state index contributed by atoms with van der Waals surface area (Å²) in [4.78, 5) is 21.4. The number of hydrogen-bond acceptors (Lipinski definition) is 4. The van der Waals surface area contributed by atoms with Gasteiger partial charge in [0.2, 0.25) is 0 Å². The third-order valence-corrected chi connectivity index (χ3v) is 1.75. The first kappa shape index (κ1) is 12.0. The van der Waals surface area contributed by atoms with Crippen LogP contribution in [0, 0.1) is 0 Å². The van der Waals surface area contributed by atoms with Crippen molar-refractivity contribution < 1.29 is 19.4 Å². The maximum absolute atomic E-state index is 11.2. The maximum Gasteiger partial charge on any atom is 0.424 e. The summed E-state index contributed by atoms with van der Waals surface area (Å²) in [6.45, 7) is -0.527. The number of hydrogen-bond donors (Lipinski definition) is 2. The van der Waals surface area contributed by atoms with E-state index < -0.39 is 18.6 Å². The summed E-state index contributed by atoms with van der Waals surface area (Å²) in [7, 11) is 0. The van der Waals surface area contributed by atoms with Gasteiger partial charge in [0, 0.05) is 0 Å². The van der Waals surface area contributed by atoms with Crippen LogP contribution in [0.3, 0.4) is 0 Å². The Kier molecular flexibility index (Phi) is 4.28. The lowest BCUT2D eigenvalue weighted by molar-refractivity contribution is -0.138. The number of carboxylic acids is 1. The summed E-state index contributed by atoms with van der Waals surface area (Å²) in [6, 6.07) is 9.02. The van der Waals surface area contributed by atoms with Crippen molar-refractivity contribution in [2.45, 2.75) is 6.61 Å². The zero-order valence-corrected chi connectivity index (χ0v) is 8.50. The molecular formula is C10H12N2O4. The fraction of sp³-hybridized carbons (Fsp3) is 0.200. The first-order valence-corrected chi connectivity index (χ1v) is 4.54. The molecule has 0 aliphatic rings. The molecule has 6 heteroatoms. The van der Waals surface area contributed by atoms with Crippen molar-refractivity contribution >= 4 is 12.1 Å². The van der Waals surface area contributed by atoms with Crippen LogP contribution in [0.1, 0.15) is 5.56 Å². The largest absolute Gasteiger partial charge is 0.480 e. The van der Waals surface area contributed by atoms with Gasteiger partial charge in [0.25, 0.3) is 0 Å². The van der Waals surface area contributed by atoms with E-state index in [1.54, 1.807) is 24.3 Å². The van der Waals surface area contributed by atoms with Crippen LogP contribution in [-0.4, -0.2) is 28.7 Å². The van der Waals surface area contributed by atoms with Crippen molar-refractivity contribution in [3.05, 3.63) is 35.9 Å². The van der Waals surface area contributed by atoms with Gasteiger partial charge in [0.1, 0.15) is 13.2 Å². The van der Waals surface area contributed by atoms with E-state index in [0.29, 0.717) is 5.01 Å². The molecule has 0 fully saturated rings. The summed E-state index contributed by atoms with van der Waals surface area (Å²) >= 11 is 0. The second kappa shape index (κ2) is 5.72. The Bertz CT molecular complexity index is 366. The number of benzene rings is 1. The van der Waals surface area contributed by atoms with Gasteiger partial charge in [-0.1, -0.05) is 30.3 Å². The van der Waals surface area contributed by atoms with E-state index in [9.17, 15) is 9.59 Å². The molecule has 0 saturated carbocycles. The zero-order chi connectivity index (χ0) is 12.0. The lowest BCUT2D eigenvalue weighted by Gasteiger charge is -2.13. The smallest absolute Gasteiger partial charge is 0.424 e. The molecule has 0 saturated heterocycles. The van der Waals surface area contributed by atoms with Crippen LogP contribution in [-0.2, 0) is 16.1 Å². The molecule has 1 rings (SSSR count). The molecule has 0 spiro atoms. The number of carbonyl (C=O) groups excluding carboxylic acids is 1. The van der Waals surface area contributed by atoms with Crippen LogP contribution in [0.25, 0.3) is 0 Å². The molecule has 0 radical (unpaired) electrons. The minimum atomic E-state index is -1.20. The van der Waals surface area contributed by atoms with Crippen molar-refractivity contribution in [3.63, 3.8) is 0 Å². The summed E-state index contributed by atoms with van der Waals surface area (Å²) in [5.74, 6) is 3.97. The molecule has 0 aliphatic heterocycles. The third-order valence-electron chi connectivity index (χ3n) is 1.75. The molecule has 16 heavy (non-hydrogen) atoms. The summed E-state index contributed by atoms with van der Waals surface area (Å²) in [5.41, 5.74) is 0.805. The highest BCUT2D eigenvalue weighted by molar-refractivity contribution is 5.76. The molecule has 0 heterocycles. The second-order valence-electron chi connectivity index (χ2n) is 3.06. The second-order valence-corrected chi connectivity index (χ2v) is 3.06. The van der Waals surface area contributed by atoms with Crippen molar-refractivity contribution in [3.8, 4) is 0 Å². The predicted molar refractivity (Wildman–Crippen MR) is 55.2 cm³/mol. The molecule has 0 atom stereocenters. The molecule has 1 aromatic rings. The number of nitrogens with two attached hydrogens (primary N) is 1. The molecule has 86 valence electrons. The first-order valence-electron chi connectivity index (χ1n) is 4.54. The number of rotatable bonds is 4.